The highest BCUT2D eigenvalue weighted by molar-refractivity contribution is 9.10. The van der Waals surface area contributed by atoms with Crippen molar-refractivity contribution in [2.24, 2.45) is 20.0 Å². The molecule has 2 heterocycles. The van der Waals surface area contributed by atoms with Gasteiger partial charge in [0, 0.05) is 35.2 Å². The second-order valence-corrected chi connectivity index (χ2v) is 11.8. The minimum Gasteiger partial charge on any atom is -0.478 e. The highest BCUT2D eigenvalue weighted by atomic mass is 79.9. The molecule has 5 rings (SSSR count). The Labute approximate surface area is 272 Å². The SMILES string of the molecule is Cn1c(Nc2ccc(Br)cc2F)c(C(=O)NOCC2CC2)ccc1=O.Cn1c(Nc2ccc(Br)cc2F)c(C(=O)O)ccc1=O. The monoisotopic (exact) mass is 749 g/mol. The molecule has 0 aliphatic heterocycles. The fraction of sp³-hybridized carbons (Fsp3) is 0.200. The number of anilines is 4. The zero-order valence-corrected chi connectivity index (χ0v) is 27.0. The first-order valence-corrected chi connectivity index (χ1v) is 14.9. The van der Waals surface area contributed by atoms with Gasteiger partial charge in [-0.25, -0.2) is 19.1 Å². The van der Waals surface area contributed by atoms with Crippen molar-refractivity contribution in [3.63, 3.8) is 0 Å². The number of halogens is 4. The number of hydroxylamine groups is 1. The van der Waals surface area contributed by atoms with Gasteiger partial charge in [0.25, 0.3) is 17.0 Å². The van der Waals surface area contributed by atoms with Crippen LogP contribution in [0.15, 0.2) is 79.2 Å². The van der Waals surface area contributed by atoms with Crippen molar-refractivity contribution in [1.29, 1.82) is 0 Å². The Morgan fingerprint density at radius 1 is 0.822 bits per heavy atom. The maximum atomic E-state index is 14.1. The fourth-order valence-electron chi connectivity index (χ4n) is 3.93. The van der Waals surface area contributed by atoms with Crippen molar-refractivity contribution in [2.45, 2.75) is 12.8 Å². The topological polar surface area (TPSA) is 144 Å². The fourth-order valence-corrected chi connectivity index (χ4v) is 4.60. The molecule has 0 bridgehead atoms. The van der Waals surface area contributed by atoms with Gasteiger partial charge < -0.3 is 15.7 Å². The van der Waals surface area contributed by atoms with Gasteiger partial charge in [-0.1, -0.05) is 31.9 Å². The van der Waals surface area contributed by atoms with Gasteiger partial charge in [0.15, 0.2) is 0 Å². The summed E-state index contributed by atoms with van der Waals surface area (Å²) in [5.74, 6) is -2.09. The largest absolute Gasteiger partial charge is 0.478 e. The number of nitrogens with zero attached hydrogens (tertiary/aromatic N) is 2. The average molecular weight is 751 g/mol. The molecule has 15 heteroatoms. The standard InChI is InChI=1S/C17H17BrFN3O3.C13H10BrFN2O3/c1-22-15(23)7-5-12(17(24)21-25-9-10-2-3-10)16(22)20-14-6-4-11(18)8-13(14)19;1-17-11(18)5-3-8(13(19)20)12(17)16-10-4-2-7(14)6-9(10)15/h4-8,10,20H,2-3,9H2,1H3,(H,21,24);2-6,16H,1H3,(H,19,20). The molecule has 0 radical (unpaired) electrons. The van der Waals surface area contributed by atoms with Crippen LogP contribution in [0.1, 0.15) is 33.6 Å². The number of pyridine rings is 2. The average Bonchev–Trinajstić information content (AvgIpc) is 3.81. The van der Waals surface area contributed by atoms with Crippen LogP contribution in [-0.2, 0) is 18.9 Å². The smallest absolute Gasteiger partial charge is 0.339 e. The molecule has 236 valence electrons. The minimum absolute atomic E-state index is 0.0197. The second-order valence-electron chi connectivity index (χ2n) is 9.97. The first-order valence-electron chi connectivity index (χ1n) is 13.3. The molecule has 11 nitrogen and oxygen atoms in total. The van der Waals surface area contributed by atoms with E-state index in [2.05, 4.69) is 48.0 Å². The number of carbonyl (C=O) groups is 2. The molecule has 0 atom stereocenters. The molecular formula is C30H27Br2F2N5O6. The number of hydrogen-bond acceptors (Lipinski definition) is 7. The zero-order chi connectivity index (χ0) is 32.8. The van der Waals surface area contributed by atoms with Crippen LogP contribution in [0, 0.1) is 17.6 Å². The summed E-state index contributed by atoms with van der Waals surface area (Å²) in [6.07, 6.45) is 2.21. The molecule has 4 aromatic rings. The summed E-state index contributed by atoms with van der Waals surface area (Å²) < 4.78 is 31.4. The van der Waals surface area contributed by atoms with Crippen molar-refractivity contribution >= 4 is 66.7 Å². The molecule has 0 unspecified atom stereocenters. The summed E-state index contributed by atoms with van der Waals surface area (Å²) >= 11 is 6.32. The quantitative estimate of drug-likeness (QED) is 0.157. The molecule has 2 aromatic carbocycles. The van der Waals surface area contributed by atoms with E-state index in [9.17, 15) is 28.0 Å². The van der Waals surface area contributed by atoms with Gasteiger partial charge in [0.1, 0.15) is 28.8 Å². The lowest BCUT2D eigenvalue weighted by atomic mass is 10.2. The molecule has 1 aliphatic carbocycles. The van der Waals surface area contributed by atoms with Crippen molar-refractivity contribution in [1.82, 2.24) is 14.6 Å². The Balaban J connectivity index is 0.000000210. The lowest BCUT2D eigenvalue weighted by molar-refractivity contribution is 0.0270. The van der Waals surface area contributed by atoms with Crippen LogP contribution in [0.2, 0.25) is 0 Å². The first kappa shape index (κ1) is 33.6. The molecule has 4 N–H and O–H groups in total. The molecule has 0 saturated heterocycles. The van der Waals surface area contributed by atoms with E-state index in [0.29, 0.717) is 21.5 Å². The maximum Gasteiger partial charge on any atom is 0.339 e. The van der Waals surface area contributed by atoms with Gasteiger partial charge in [0.2, 0.25) is 0 Å². The molecule has 1 saturated carbocycles. The predicted octanol–water partition coefficient (Wildman–Crippen LogP) is 5.83. The van der Waals surface area contributed by atoms with Crippen LogP contribution in [0.25, 0.3) is 0 Å². The van der Waals surface area contributed by atoms with E-state index in [-0.39, 0.29) is 39.7 Å². The molecule has 1 aliphatic rings. The summed E-state index contributed by atoms with van der Waals surface area (Å²) in [6.45, 7) is 0.460. The number of amides is 1. The van der Waals surface area contributed by atoms with E-state index in [1.165, 1.54) is 61.1 Å². The number of carbonyl (C=O) groups excluding carboxylic acids is 1. The second kappa shape index (κ2) is 14.6. The van der Waals surface area contributed by atoms with Crippen LogP contribution in [0.4, 0.5) is 31.8 Å². The number of benzene rings is 2. The van der Waals surface area contributed by atoms with Gasteiger partial charge in [0.05, 0.1) is 23.5 Å². The van der Waals surface area contributed by atoms with E-state index < -0.39 is 29.1 Å². The molecule has 0 spiro atoms. The third kappa shape index (κ3) is 8.65. The van der Waals surface area contributed by atoms with E-state index in [1.54, 1.807) is 12.1 Å². The number of carboxylic acid groups (broad SMARTS) is 1. The summed E-state index contributed by atoms with van der Waals surface area (Å²) in [4.78, 5) is 52.2. The van der Waals surface area contributed by atoms with Gasteiger partial charge in [-0.3, -0.25) is 28.4 Å². The Kier molecular flexibility index (Phi) is 10.9. The van der Waals surface area contributed by atoms with Crippen molar-refractivity contribution in [3.8, 4) is 0 Å². The van der Waals surface area contributed by atoms with Crippen LogP contribution < -0.4 is 27.2 Å². The Morgan fingerprint density at radius 3 is 1.73 bits per heavy atom. The van der Waals surface area contributed by atoms with Crippen LogP contribution >= 0.6 is 31.9 Å². The first-order chi connectivity index (χ1) is 21.3. The number of carboxylic acids is 1. The highest BCUT2D eigenvalue weighted by Gasteiger charge is 2.23. The maximum absolute atomic E-state index is 14.1. The highest BCUT2D eigenvalue weighted by Crippen LogP contribution is 2.29. The van der Waals surface area contributed by atoms with E-state index >= 15 is 0 Å². The van der Waals surface area contributed by atoms with Crippen molar-refractivity contribution in [2.75, 3.05) is 17.2 Å². The normalized spacial score (nSPS) is 12.1. The molecule has 45 heavy (non-hydrogen) atoms. The Hall–Kier alpha value is -4.34. The summed E-state index contributed by atoms with van der Waals surface area (Å²) in [5.41, 5.74) is 1.95. The lowest BCUT2D eigenvalue weighted by Crippen LogP contribution is -2.29. The summed E-state index contributed by atoms with van der Waals surface area (Å²) in [5, 5.41) is 14.6. The van der Waals surface area contributed by atoms with E-state index in [0.717, 1.165) is 23.5 Å². The predicted molar refractivity (Wildman–Crippen MR) is 171 cm³/mol. The lowest BCUT2D eigenvalue weighted by Gasteiger charge is -2.16. The van der Waals surface area contributed by atoms with Gasteiger partial charge in [-0.05, 0) is 67.3 Å². The van der Waals surface area contributed by atoms with E-state index in [1.807, 2.05) is 0 Å². The third-order valence-electron chi connectivity index (χ3n) is 6.65. The molecule has 1 fully saturated rings. The zero-order valence-electron chi connectivity index (χ0n) is 23.9. The van der Waals surface area contributed by atoms with Crippen LogP contribution in [0.5, 0.6) is 0 Å². The third-order valence-corrected chi connectivity index (χ3v) is 7.64. The number of hydrogen-bond donors (Lipinski definition) is 4. The summed E-state index contributed by atoms with van der Waals surface area (Å²) in [7, 11) is 2.91. The van der Waals surface area contributed by atoms with Gasteiger partial charge in [-0.15, -0.1) is 0 Å². The van der Waals surface area contributed by atoms with Gasteiger partial charge in [-0.2, -0.15) is 0 Å². The Bertz CT molecular complexity index is 1880. The van der Waals surface area contributed by atoms with Gasteiger partial charge >= 0.3 is 5.97 Å². The van der Waals surface area contributed by atoms with E-state index in [4.69, 9.17) is 9.94 Å². The molecular weight excluding hydrogens is 724 g/mol. The molecule has 1 amide bonds. The van der Waals surface area contributed by atoms with Crippen molar-refractivity contribution < 1.29 is 28.3 Å². The van der Waals surface area contributed by atoms with Crippen molar-refractivity contribution in [3.05, 3.63) is 113 Å². The Morgan fingerprint density at radius 2 is 1.29 bits per heavy atom. The minimum atomic E-state index is -1.21. The number of aromatic carboxylic acids is 1. The summed E-state index contributed by atoms with van der Waals surface area (Å²) in [6, 6.07) is 13.8. The number of rotatable bonds is 9. The number of aromatic nitrogens is 2. The van der Waals surface area contributed by atoms with Crippen LogP contribution in [0.3, 0.4) is 0 Å². The van der Waals surface area contributed by atoms with Crippen LogP contribution in [-0.4, -0.2) is 32.7 Å². The number of nitrogens with one attached hydrogen (secondary N) is 3. The molecule has 2 aromatic heterocycles.